The van der Waals surface area contributed by atoms with Crippen molar-refractivity contribution in [1.82, 2.24) is 6.15 Å². The van der Waals surface area contributed by atoms with Gasteiger partial charge in [0.05, 0.1) is 0 Å². The molecule has 4 heteroatoms. The van der Waals surface area contributed by atoms with E-state index in [4.69, 9.17) is 9.84 Å². The van der Waals surface area contributed by atoms with Crippen LogP contribution in [0.15, 0.2) is 0 Å². The van der Waals surface area contributed by atoms with Gasteiger partial charge in [-0.25, -0.2) is 0 Å². The van der Waals surface area contributed by atoms with Crippen molar-refractivity contribution in [3.63, 3.8) is 0 Å². The monoisotopic (exact) mass is 317 g/mol. The summed E-state index contributed by atoms with van der Waals surface area (Å²) in [6, 6.07) is 0. The highest BCUT2D eigenvalue weighted by molar-refractivity contribution is 4.31. The van der Waals surface area contributed by atoms with Crippen LogP contribution in [0.25, 0.3) is 0 Å². The van der Waals surface area contributed by atoms with Crippen LogP contribution in [0.4, 0.5) is 0 Å². The lowest BCUT2D eigenvalue weighted by molar-refractivity contribution is -0.00000654. The van der Waals surface area contributed by atoms with Crippen LogP contribution in [-0.2, 0) is 4.74 Å². The van der Waals surface area contributed by atoms with Crippen LogP contribution in [-0.4, -0.2) is 25.4 Å². The quantitative estimate of drug-likeness (QED) is 0.709. The Kier molecular flexibility index (Phi) is 113. The van der Waals surface area contributed by atoms with E-state index in [0.29, 0.717) is 0 Å². The Morgan fingerprint density at radius 2 is 0.850 bits per heavy atom. The number of quaternary nitrogens is 1. The van der Waals surface area contributed by atoms with E-state index < -0.39 is 0 Å². The number of halogens is 1. The predicted molar refractivity (Wildman–Crippen MR) is 91.3 cm³/mol. The standard InChI is InChI=1S/C6H14.C5H12.C4H10O.CH4O.ClH.H3N/c1-3-5-6-4-2;2*1-3-5-4-2;1-2;;/h3-6H2,1-2H3;3-5H2,1-2H3;3-4H2,1-2H3;2H,1H3;1H;1H3. The predicted octanol–water partition coefficient (Wildman–Crippen LogP) is 2.81. The third kappa shape index (κ3) is 104. The van der Waals surface area contributed by atoms with E-state index in [1.165, 1.54) is 44.9 Å². The molecule has 0 aliphatic carbocycles. The van der Waals surface area contributed by atoms with E-state index in [0.717, 1.165) is 20.3 Å². The highest BCUT2D eigenvalue weighted by Crippen LogP contribution is 1.95. The van der Waals surface area contributed by atoms with Crippen molar-refractivity contribution in [1.29, 1.82) is 0 Å². The molecular weight excluding hydrogens is 274 g/mol. The summed E-state index contributed by atoms with van der Waals surface area (Å²) in [5.41, 5.74) is 0. The molecule has 0 amide bonds. The Morgan fingerprint density at radius 1 is 0.600 bits per heavy atom. The molecule has 0 aliphatic heterocycles. The van der Waals surface area contributed by atoms with Gasteiger partial charge in [0.15, 0.2) is 0 Å². The first-order chi connectivity index (χ1) is 8.74. The molecule has 0 bridgehead atoms. The van der Waals surface area contributed by atoms with Crippen molar-refractivity contribution in [3.8, 4) is 0 Å². The molecule has 0 saturated carbocycles. The van der Waals surface area contributed by atoms with E-state index in [9.17, 15) is 0 Å². The number of hydrogen-bond acceptors (Lipinski definition) is 2. The van der Waals surface area contributed by atoms with Gasteiger partial charge in [0.25, 0.3) is 0 Å². The molecule has 0 aromatic carbocycles. The van der Waals surface area contributed by atoms with Crippen molar-refractivity contribution < 1.29 is 22.3 Å². The van der Waals surface area contributed by atoms with Crippen LogP contribution >= 0.6 is 0 Å². The molecule has 132 valence electrons. The minimum Gasteiger partial charge on any atom is -1.00 e. The van der Waals surface area contributed by atoms with Gasteiger partial charge in [-0.1, -0.05) is 72.6 Å². The summed E-state index contributed by atoms with van der Waals surface area (Å²) in [4.78, 5) is 0. The van der Waals surface area contributed by atoms with Gasteiger partial charge in [-0.15, -0.1) is 0 Å². The highest BCUT2D eigenvalue weighted by Gasteiger charge is 1.75. The zero-order chi connectivity index (χ0) is 15.1. The molecule has 3 nitrogen and oxygen atoms in total. The summed E-state index contributed by atoms with van der Waals surface area (Å²) in [6.07, 6.45) is 9.61. The largest absolute Gasteiger partial charge is 1.00 e. The summed E-state index contributed by atoms with van der Waals surface area (Å²) in [6.45, 7) is 14.6. The molecule has 20 heavy (non-hydrogen) atoms. The number of aliphatic hydroxyl groups excluding tert-OH is 1. The van der Waals surface area contributed by atoms with Crippen LogP contribution in [0.3, 0.4) is 0 Å². The molecule has 0 aromatic rings. The Hall–Kier alpha value is 0.170. The molecule has 0 radical (unpaired) electrons. The Balaban J connectivity index is -0.0000000331. The number of ether oxygens (including phenoxy) is 1. The summed E-state index contributed by atoms with van der Waals surface area (Å²) in [5, 5.41) is 7.00. The molecule has 5 N–H and O–H groups in total. The van der Waals surface area contributed by atoms with Gasteiger partial charge in [-0.3, -0.25) is 0 Å². The maximum Gasteiger partial charge on any atom is 0.0437 e. The van der Waals surface area contributed by atoms with Gasteiger partial charge in [0.2, 0.25) is 0 Å². The fraction of sp³-hybridized carbons (Fsp3) is 1.00. The second-order valence-electron chi connectivity index (χ2n) is 3.84. The lowest BCUT2D eigenvalue weighted by Gasteiger charge is -1.86. The third-order valence-corrected chi connectivity index (χ3v) is 2.07. The molecule has 0 rings (SSSR count). The number of rotatable bonds is 7. The van der Waals surface area contributed by atoms with E-state index in [1.54, 1.807) is 0 Å². The van der Waals surface area contributed by atoms with Crippen molar-refractivity contribution in [2.75, 3.05) is 20.3 Å². The van der Waals surface area contributed by atoms with E-state index in [1.807, 2.05) is 13.8 Å². The second kappa shape index (κ2) is 61.2. The number of aliphatic hydroxyl groups is 1. The van der Waals surface area contributed by atoms with E-state index >= 15 is 0 Å². The smallest absolute Gasteiger partial charge is 0.0437 e. The van der Waals surface area contributed by atoms with Crippen molar-refractivity contribution >= 4 is 0 Å². The van der Waals surface area contributed by atoms with E-state index in [-0.39, 0.29) is 18.6 Å². The maximum atomic E-state index is 7.00. The van der Waals surface area contributed by atoms with Crippen LogP contribution in [0.2, 0.25) is 0 Å². The zero-order valence-electron chi connectivity index (χ0n) is 15.6. The normalized spacial score (nSPS) is 7.20. The fourth-order valence-electron chi connectivity index (χ4n) is 1.06. The zero-order valence-corrected chi connectivity index (χ0v) is 16.4. The molecule has 0 spiro atoms. The third-order valence-electron chi connectivity index (χ3n) is 2.07. The number of unbranched alkanes of at least 4 members (excludes halogenated alkanes) is 5. The topological polar surface area (TPSA) is 66.0 Å². The molecule has 0 atom stereocenters. The van der Waals surface area contributed by atoms with Crippen LogP contribution in [0.1, 0.15) is 86.5 Å². The molecular formula is C16H44ClNO2. The van der Waals surface area contributed by atoms with Gasteiger partial charge < -0.3 is 28.4 Å². The first-order valence-electron chi connectivity index (χ1n) is 7.77. The van der Waals surface area contributed by atoms with Crippen LogP contribution in [0.5, 0.6) is 0 Å². The minimum atomic E-state index is 0. The summed E-state index contributed by atoms with van der Waals surface area (Å²) < 4.78 is 4.83. The summed E-state index contributed by atoms with van der Waals surface area (Å²) >= 11 is 0. The van der Waals surface area contributed by atoms with Crippen molar-refractivity contribution in [2.45, 2.75) is 86.5 Å². The first-order valence-corrected chi connectivity index (χ1v) is 7.77. The van der Waals surface area contributed by atoms with Crippen molar-refractivity contribution in [2.24, 2.45) is 0 Å². The first kappa shape index (κ1) is 36.9. The Labute approximate surface area is 135 Å². The van der Waals surface area contributed by atoms with Gasteiger partial charge >= 0.3 is 0 Å². The van der Waals surface area contributed by atoms with E-state index in [2.05, 4.69) is 27.7 Å². The molecule has 0 saturated heterocycles. The minimum absolute atomic E-state index is 0. The average Bonchev–Trinajstić information content (AvgIpc) is 2.42. The summed E-state index contributed by atoms with van der Waals surface area (Å²) in [5.74, 6) is 0. The molecule has 0 heterocycles. The number of hydrogen-bond donors (Lipinski definition) is 2. The fourth-order valence-corrected chi connectivity index (χ4v) is 1.06. The molecule has 0 aliphatic rings. The molecule has 0 aromatic heterocycles. The lowest BCUT2D eigenvalue weighted by Crippen LogP contribution is -3.00. The van der Waals surface area contributed by atoms with Crippen LogP contribution < -0.4 is 18.6 Å². The van der Waals surface area contributed by atoms with Gasteiger partial charge in [-0.05, 0) is 13.8 Å². The maximum absolute atomic E-state index is 7.00. The Bertz CT molecular complexity index is 72.9. The van der Waals surface area contributed by atoms with Gasteiger partial charge in [-0.2, -0.15) is 0 Å². The van der Waals surface area contributed by atoms with Gasteiger partial charge in [0, 0.05) is 20.3 Å². The van der Waals surface area contributed by atoms with Gasteiger partial charge in [0.1, 0.15) is 0 Å². The molecule has 0 unspecified atom stereocenters. The Morgan fingerprint density at radius 3 is 0.900 bits per heavy atom. The lowest BCUT2D eigenvalue weighted by atomic mass is 10.2. The molecule has 0 fully saturated rings. The highest BCUT2D eigenvalue weighted by atomic mass is 35.5. The average molecular weight is 318 g/mol. The SMILES string of the molecule is CCCCC.CCCCCC.CCOCC.CO.[Cl-].[NH4+]. The second-order valence-corrected chi connectivity index (χ2v) is 3.84. The van der Waals surface area contributed by atoms with Crippen LogP contribution in [0, 0.1) is 0 Å². The van der Waals surface area contributed by atoms with Crippen molar-refractivity contribution in [3.05, 3.63) is 0 Å². The summed E-state index contributed by atoms with van der Waals surface area (Å²) in [7, 11) is 1.00.